The van der Waals surface area contributed by atoms with Crippen LogP contribution in [0.25, 0.3) is 27.5 Å². The zero-order chi connectivity index (χ0) is 32.8. The van der Waals surface area contributed by atoms with Crippen LogP contribution in [0.1, 0.15) is 28.2 Å². The second kappa shape index (κ2) is 10.9. The molecule has 0 saturated carbocycles. The van der Waals surface area contributed by atoms with Crippen LogP contribution in [0.2, 0.25) is 0 Å². The minimum atomic E-state index is 0.201. The molecular formula is C45H35BN2S. The molecule has 0 bridgehead atoms. The molecule has 0 radical (unpaired) electrons. The molecule has 7 aromatic rings. The summed E-state index contributed by atoms with van der Waals surface area (Å²) in [6.07, 6.45) is 9.15. The summed E-state index contributed by atoms with van der Waals surface area (Å²) in [6, 6.07) is 45.9. The van der Waals surface area contributed by atoms with Gasteiger partial charge in [-0.2, -0.15) is 0 Å². The molecule has 2 aliphatic heterocycles. The van der Waals surface area contributed by atoms with Gasteiger partial charge in [0.15, 0.2) is 0 Å². The van der Waals surface area contributed by atoms with Gasteiger partial charge in [0.2, 0.25) is 6.71 Å². The van der Waals surface area contributed by atoms with Crippen LogP contribution in [-0.2, 0) is 0 Å². The van der Waals surface area contributed by atoms with Gasteiger partial charge >= 0.3 is 0 Å². The highest BCUT2D eigenvalue weighted by molar-refractivity contribution is 8.00. The van der Waals surface area contributed by atoms with E-state index in [9.17, 15) is 0 Å². The second-order valence-electron chi connectivity index (χ2n) is 13.9. The summed E-state index contributed by atoms with van der Waals surface area (Å²) in [6.45, 7) is 6.97. The lowest BCUT2D eigenvalue weighted by atomic mass is 9.35. The van der Waals surface area contributed by atoms with Gasteiger partial charge in [-0.1, -0.05) is 142 Å². The normalized spacial score (nSPS) is 17.4. The van der Waals surface area contributed by atoms with E-state index in [1.54, 1.807) is 0 Å². The van der Waals surface area contributed by atoms with Crippen LogP contribution in [0.15, 0.2) is 155 Å². The molecule has 2 atom stereocenters. The number of hydrogen-bond acceptors (Lipinski definition) is 2. The second-order valence-corrected chi connectivity index (χ2v) is 15.0. The lowest BCUT2D eigenvalue weighted by Crippen LogP contribution is -2.56. The maximum absolute atomic E-state index is 2.54. The molecule has 1 aliphatic carbocycles. The molecule has 6 aromatic carbocycles. The zero-order valence-electron chi connectivity index (χ0n) is 27.9. The number of aromatic nitrogens is 1. The third-order valence-electron chi connectivity index (χ3n) is 10.9. The van der Waals surface area contributed by atoms with Gasteiger partial charge < -0.3 is 9.47 Å². The lowest BCUT2D eigenvalue weighted by molar-refractivity contribution is 0.745. The Hall–Kier alpha value is -5.19. The Balaban J connectivity index is 1.20. The van der Waals surface area contributed by atoms with Crippen LogP contribution in [0.4, 0.5) is 11.4 Å². The summed E-state index contributed by atoms with van der Waals surface area (Å²) >= 11 is 1.91. The summed E-state index contributed by atoms with van der Waals surface area (Å²) in [4.78, 5) is 5.22. The van der Waals surface area contributed by atoms with E-state index in [0.29, 0.717) is 5.92 Å². The zero-order valence-corrected chi connectivity index (χ0v) is 28.7. The summed E-state index contributed by atoms with van der Waals surface area (Å²) in [7, 11) is 0. The van der Waals surface area contributed by atoms with Crippen molar-refractivity contribution in [2.24, 2.45) is 0 Å². The van der Waals surface area contributed by atoms with Gasteiger partial charge in [-0.25, -0.2) is 0 Å². The maximum atomic E-state index is 2.54. The Morgan fingerprint density at radius 3 is 2.18 bits per heavy atom. The SMILES string of the molecule is Cc1cc(C)c(B2c3ccccc3Sc3cc(-n4c5ccccc5c5cc6c(cc54)N(c4ccccc4)C4C=CC=CC64)ccc32)c(C)c1. The fourth-order valence-corrected chi connectivity index (χ4v) is 10.2. The van der Waals surface area contributed by atoms with Crippen LogP contribution >= 0.6 is 11.8 Å². The van der Waals surface area contributed by atoms with Gasteiger partial charge in [0.05, 0.1) is 17.1 Å². The number of benzene rings is 6. The number of hydrogen-bond donors (Lipinski definition) is 0. The number of para-hydroxylation sites is 2. The van der Waals surface area contributed by atoms with Crippen molar-refractivity contribution in [1.29, 1.82) is 0 Å². The van der Waals surface area contributed by atoms with Crippen LogP contribution in [0.3, 0.4) is 0 Å². The Morgan fingerprint density at radius 2 is 1.33 bits per heavy atom. The molecule has 0 fully saturated rings. The number of nitrogens with zero attached hydrogens (tertiary/aromatic N) is 2. The molecule has 234 valence electrons. The van der Waals surface area contributed by atoms with Gasteiger partial charge in [-0.05, 0) is 74.9 Å². The predicted octanol–water partition coefficient (Wildman–Crippen LogP) is 9.42. The van der Waals surface area contributed by atoms with Gasteiger partial charge in [0.1, 0.15) is 0 Å². The molecule has 2 unspecified atom stereocenters. The molecular weight excluding hydrogens is 611 g/mol. The van der Waals surface area contributed by atoms with Crippen molar-refractivity contribution >= 4 is 68.0 Å². The molecule has 49 heavy (non-hydrogen) atoms. The molecule has 3 aliphatic rings. The average Bonchev–Trinajstić information content (AvgIpc) is 3.62. The number of rotatable bonds is 3. The summed E-state index contributed by atoms with van der Waals surface area (Å²) in [5.74, 6) is 0.317. The highest BCUT2D eigenvalue weighted by Gasteiger charge is 2.38. The first-order valence-electron chi connectivity index (χ1n) is 17.3. The Bertz CT molecular complexity index is 2520. The summed E-state index contributed by atoms with van der Waals surface area (Å²) in [5.41, 5.74) is 15.9. The third kappa shape index (κ3) is 4.30. The topological polar surface area (TPSA) is 8.17 Å². The summed E-state index contributed by atoms with van der Waals surface area (Å²) in [5, 5.41) is 2.61. The van der Waals surface area contributed by atoms with E-state index < -0.39 is 0 Å². The smallest absolute Gasteiger partial charge is 0.244 e. The van der Waals surface area contributed by atoms with Crippen molar-refractivity contribution in [1.82, 2.24) is 4.57 Å². The highest BCUT2D eigenvalue weighted by atomic mass is 32.2. The quantitative estimate of drug-likeness (QED) is 0.177. The van der Waals surface area contributed by atoms with E-state index >= 15 is 0 Å². The average molecular weight is 647 g/mol. The van der Waals surface area contributed by atoms with E-state index in [2.05, 4.69) is 176 Å². The monoisotopic (exact) mass is 646 g/mol. The van der Waals surface area contributed by atoms with Crippen LogP contribution < -0.4 is 21.3 Å². The van der Waals surface area contributed by atoms with E-state index in [0.717, 1.165) is 0 Å². The minimum Gasteiger partial charge on any atom is -0.333 e. The van der Waals surface area contributed by atoms with Crippen molar-refractivity contribution in [3.05, 3.63) is 168 Å². The molecule has 0 amide bonds. The number of aryl methyl sites for hydroxylation is 3. The van der Waals surface area contributed by atoms with Crippen molar-refractivity contribution in [3.8, 4) is 5.69 Å². The standard InChI is InChI=1S/C45H35BN2S/c1-28-23-29(2)45(30(3)24-28)46-37-17-9-12-20-43(37)49-44-25-32(21-22-38(44)46)48-40-19-11-8-16-34(40)36-26-35-33-15-7-10-18-39(33)47(41(35)27-42(36)48)31-13-5-4-6-14-31/h4-27,33,39H,1-3H3. The van der Waals surface area contributed by atoms with E-state index in [-0.39, 0.29) is 12.8 Å². The molecule has 2 nitrogen and oxygen atoms in total. The fourth-order valence-electron chi connectivity index (χ4n) is 9.01. The van der Waals surface area contributed by atoms with Gasteiger partial charge in [0, 0.05) is 43.5 Å². The molecule has 1 aromatic heterocycles. The van der Waals surface area contributed by atoms with Crippen molar-refractivity contribution in [3.63, 3.8) is 0 Å². The molecule has 3 heterocycles. The van der Waals surface area contributed by atoms with Crippen molar-refractivity contribution in [2.45, 2.75) is 42.5 Å². The van der Waals surface area contributed by atoms with Crippen molar-refractivity contribution < 1.29 is 0 Å². The Labute approximate surface area is 292 Å². The number of fused-ring (bicyclic) bond motifs is 8. The fraction of sp³-hybridized carbons (Fsp3) is 0.111. The summed E-state index contributed by atoms with van der Waals surface area (Å²) < 4.78 is 2.50. The van der Waals surface area contributed by atoms with Gasteiger partial charge in [0.25, 0.3) is 0 Å². The largest absolute Gasteiger partial charge is 0.333 e. The van der Waals surface area contributed by atoms with E-state index in [4.69, 9.17) is 0 Å². The molecule has 0 saturated heterocycles. The van der Waals surface area contributed by atoms with E-state index in [1.165, 1.54) is 87.3 Å². The van der Waals surface area contributed by atoms with Crippen LogP contribution in [-0.4, -0.2) is 17.3 Å². The predicted molar refractivity (Wildman–Crippen MR) is 210 cm³/mol. The molecule has 0 N–H and O–H groups in total. The molecule has 10 rings (SSSR count). The maximum Gasteiger partial charge on any atom is 0.244 e. The number of anilines is 2. The van der Waals surface area contributed by atoms with Gasteiger partial charge in [-0.15, -0.1) is 0 Å². The Morgan fingerprint density at radius 1 is 0.592 bits per heavy atom. The Kier molecular flexibility index (Phi) is 6.41. The van der Waals surface area contributed by atoms with Crippen LogP contribution in [0.5, 0.6) is 0 Å². The first-order chi connectivity index (χ1) is 24.0. The van der Waals surface area contributed by atoms with E-state index in [1.807, 2.05) is 11.8 Å². The molecule has 0 spiro atoms. The van der Waals surface area contributed by atoms with Crippen molar-refractivity contribution in [2.75, 3.05) is 4.90 Å². The first-order valence-corrected chi connectivity index (χ1v) is 18.1. The third-order valence-corrected chi connectivity index (χ3v) is 12.1. The lowest BCUT2D eigenvalue weighted by Gasteiger charge is -2.29. The highest BCUT2D eigenvalue weighted by Crippen LogP contribution is 2.50. The first kappa shape index (κ1) is 28.8. The minimum absolute atomic E-state index is 0.201. The molecule has 4 heteroatoms. The van der Waals surface area contributed by atoms with Crippen LogP contribution in [0, 0.1) is 20.8 Å². The van der Waals surface area contributed by atoms with Gasteiger partial charge in [-0.3, -0.25) is 0 Å². The number of allylic oxidation sites excluding steroid dienone is 2.